The van der Waals surface area contributed by atoms with E-state index in [1.165, 1.54) is 15.6 Å². The maximum absolute atomic E-state index is 5.16. The van der Waals surface area contributed by atoms with E-state index in [-0.39, 0.29) is 0 Å². The SMILES string of the molecule is CCC(COC)NCc1ccc(Br)c(C)c1. The van der Waals surface area contributed by atoms with Gasteiger partial charge in [0.25, 0.3) is 0 Å². The Morgan fingerprint density at radius 2 is 2.19 bits per heavy atom. The predicted octanol–water partition coefficient (Wildman–Crippen LogP) is 3.27. The van der Waals surface area contributed by atoms with Crippen LogP contribution in [0.15, 0.2) is 22.7 Å². The number of aryl methyl sites for hydroxylation is 1. The average Bonchev–Trinajstić information content (AvgIpc) is 2.28. The molecule has 90 valence electrons. The van der Waals surface area contributed by atoms with Crippen molar-refractivity contribution in [1.82, 2.24) is 5.32 Å². The topological polar surface area (TPSA) is 21.3 Å². The first-order valence-corrected chi connectivity index (χ1v) is 6.44. The molecule has 1 aromatic carbocycles. The Hall–Kier alpha value is -0.380. The monoisotopic (exact) mass is 285 g/mol. The van der Waals surface area contributed by atoms with E-state index in [0.717, 1.165) is 19.6 Å². The maximum atomic E-state index is 5.16. The fourth-order valence-corrected chi connectivity index (χ4v) is 1.85. The van der Waals surface area contributed by atoms with E-state index in [0.29, 0.717) is 6.04 Å². The van der Waals surface area contributed by atoms with Crippen molar-refractivity contribution in [1.29, 1.82) is 0 Å². The standard InChI is InChI=1S/C13H20BrNO/c1-4-12(9-16-3)15-8-11-5-6-13(14)10(2)7-11/h5-7,12,15H,4,8-9H2,1-3H3. The minimum atomic E-state index is 0.439. The zero-order chi connectivity index (χ0) is 12.0. The third-order valence-electron chi connectivity index (χ3n) is 2.68. The lowest BCUT2D eigenvalue weighted by molar-refractivity contribution is 0.164. The summed E-state index contributed by atoms with van der Waals surface area (Å²) in [6, 6.07) is 6.89. The van der Waals surface area contributed by atoms with Crippen molar-refractivity contribution in [2.45, 2.75) is 32.9 Å². The minimum absolute atomic E-state index is 0.439. The molecule has 1 N–H and O–H groups in total. The Labute approximate surface area is 107 Å². The van der Waals surface area contributed by atoms with Gasteiger partial charge >= 0.3 is 0 Å². The third kappa shape index (κ3) is 4.24. The second-order valence-corrected chi connectivity index (χ2v) is 4.88. The fraction of sp³-hybridized carbons (Fsp3) is 0.538. The molecule has 1 aromatic rings. The molecule has 1 rings (SSSR count). The molecule has 0 saturated carbocycles. The van der Waals surface area contributed by atoms with Gasteiger partial charge in [-0.25, -0.2) is 0 Å². The van der Waals surface area contributed by atoms with E-state index in [1.54, 1.807) is 7.11 Å². The van der Waals surface area contributed by atoms with E-state index < -0.39 is 0 Å². The number of benzene rings is 1. The second kappa shape index (κ2) is 7.05. The van der Waals surface area contributed by atoms with E-state index >= 15 is 0 Å². The summed E-state index contributed by atoms with van der Waals surface area (Å²) in [7, 11) is 1.74. The Bertz CT molecular complexity index is 328. The highest BCUT2D eigenvalue weighted by Gasteiger charge is 2.05. The van der Waals surface area contributed by atoms with Gasteiger partial charge in [-0.2, -0.15) is 0 Å². The van der Waals surface area contributed by atoms with Gasteiger partial charge in [0.2, 0.25) is 0 Å². The summed E-state index contributed by atoms with van der Waals surface area (Å²) in [4.78, 5) is 0. The molecule has 0 fully saturated rings. The molecule has 0 heterocycles. The molecule has 2 nitrogen and oxygen atoms in total. The van der Waals surface area contributed by atoms with Crippen molar-refractivity contribution >= 4 is 15.9 Å². The van der Waals surface area contributed by atoms with Gasteiger partial charge in [-0.1, -0.05) is 35.0 Å². The zero-order valence-electron chi connectivity index (χ0n) is 10.2. The first-order chi connectivity index (χ1) is 7.67. The number of hydrogen-bond donors (Lipinski definition) is 1. The first kappa shape index (κ1) is 13.7. The van der Waals surface area contributed by atoms with E-state index in [2.05, 4.69) is 53.3 Å². The number of halogens is 1. The van der Waals surface area contributed by atoms with Gasteiger partial charge in [-0.3, -0.25) is 0 Å². The lowest BCUT2D eigenvalue weighted by Gasteiger charge is -2.16. The number of rotatable bonds is 6. The molecule has 1 atom stereocenters. The van der Waals surface area contributed by atoms with Crippen LogP contribution >= 0.6 is 15.9 Å². The lowest BCUT2D eigenvalue weighted by Crippen LogP contribution is -2.32. The molecule has 3 heteroatoms. The first-order valence-electron chi connectivity index (χ1n) is 5.64. The molecule has 0 aliphatic carbocycles. The average molecular weight is 286 g/mol. The van der Waals surface area contributed by atoms with Crippen molar-refractivity contribution < 1.29 is 4.74 Å². The molecular weight excluding hydrogens is 266 g/mol. The Kier molecular flexibility index (Phi) is 6.03. The van der Waals surface area contributed by atoms with Crippen LogP contribution in [0.3, 0.4) is 0 Å². The van der Waals surface area contributed by atoms with Crippen LogP contribution in [0.4, 0.5) is 0 Å². The van der Waals surface area contributed by atoms with Crippen molar-refractivity contribution in [2.24, 2.45) is 0 Å². The van der Waals surface area contributed by atoms with Gasteiger partial charge in [0.05, 0.1) is 6.61 Å². The lowest BCUT2D eigenvalue weighted by atomic mass is 10.1. The van der Waals surface area contributed by atoms with Gasteiger partial charge in [-0.05, 0) is 30.5 Å². The summed E-state index contributed by atoms with van der Waals surface area (Å²) in [5, 5.41) is 3.49. The van der Waals surface area contributed by atoms with Crippen LogP contribution in [-0.2, 0) is 11.3 Å². The summed E-state index contributed by atoms with van der Waals surface area (Å²) >= 11 is 3.51. The molecule has 0 saturated heterocycles. The third-order valence-corrected chi connectivity index (χ3v) is 3.57. The highest BCUT2D eigenvalue weighted by Crippen LogP contribution is 2.17. The van der Waals surface area contributed by atoms with Gasteiger partial charge in [0, 0.05) is 24.2 Å². The van der Waals surface area contributed by atoms with Crippen LogP contribution in [0.5, 0.6) is 0 Å². The summed E-state index contributed by atoms with van der Waals surface area (Å²) in [5.74, 6) is 0. The smallest absolute Gasteiger partial charge is 0.0615 e. The summed E-state index contributed by atoms with van der Waals surface area (Å²) in [5.41, 5.74) is 2.59. The highest BCUT2D eigenvalue weighted by molar-refractivity contribution is 9.10. The van der Waals surface area contributed by atoms with E-state index in [9.17, 15) is 0 Å². The van der Waals surface area contributed by atoms with Crippen LogP contribution < -0.4 is 5.32 Å². The molecule has 0 amide bonds. The molecule has 0 spiro atoms. The highest BCUT2D eigenvalue weighted by atomic mass is 79.9. The molecule has 0 radical (unpaired) electrons. The van der Waals surface area contributed by atoms with Crippen molar-refractivity contribution in [3.05, 3.63) is 33.8 Å². The van der Waals surface area contributed by atoms with Gasteiger partial charge in [0.15, 0.2) is 0 Å². The Morgan fingerprint density at radius 1 is 1.44 bits per heavy atom. The largest absolute Gasteiger partial charge is 0.383 e. The number of ether oxygens (including phenoxy) is 1. The van der Waals surface area contributed by atoms with Crippen LogP contribution in [0.1, 0.15) is 24.5 Å². The number of nitrogens with one attached hydrogen (secondary N) is 1. The molecule has 16 heavy (non-hydrogen) atoms. The maximum Gasteiger partial charge on any atom is 0.0615 e. The quantitative estimate of drug-likeness (QED) is 0.866. The summed E-state index contributed by atoms with van der Waals surface area (Å²) in [6.45, 7) is 5.95. The molecule has 0 aliphatic rings. The van der Waals surface area contributed by atoms with Gasteiger partial charge in [-0.15, -0.1) is 0 Å². The van der Waals surface area contributed by atoms with Crippen LogP contribution in [0, 0.1) is 6.92 Å². The minimum Gasteiger partial charge on any atom is -0.383 e. The normalized spacial score (nSPS) is 12.8. The molecular formula is C13H20BrNO. The van der Waals surface area contributed by atoms with Crippen molar-refractivity contribution in [3.8, 4) is 0 Å². The Balaban J connectivity index is 2.50. The summed E-state index contributed by atoms with van der Waals surface area (Å²) < 4.78 is 6.32. The number of hydrogen-bond acceptors (Lipinski definition) is 2. The second-order valence-electron chi connectivity index (χ2n) is 4.02. The zero-order valence-corrected chi connectivity index (χ0v) is 11.8. The van der Waals surface area contributed by atoms with E-state index in [1.807, 2.05) is 0 Å². The number of methoxy groups -OCH3 is 1. The molecule has 0 aliphatic heterocycles. The molecule has 0 bridgehead atoms. The summed E-state index contributed by atoms with van der Waals surface area (Å²) in [6.07, 6.45) is 1.09. The van der Waals surface area contributed by atoms with E-state index in [4.69, 9.17) is 4.74 Å². The van der Waals surface area contributed by atoms with Gasteiger partial charge in [0.1, 0.15) is 0 Å². The van der Waals surface area contributed by atoms with Crippen LogP contribution in [-0.4, -0.2) is 19.8 Å². The molecule has 1 unspecified atom stereocenters. The molecule has 0 aromatic heterocycles. The fourth-order valence-electron chi connectivity index (χ4n) is 1.60. The van der Waals surface area contributed by atoms with Crippen molar-refractivity contribution in [3.63, 3.8) is 0 Å². The predicted molar refractivity (Wildman–Crippen MR) is 71.7 cm³/mol. The Morgan fingerprint density at radius 3 is 2.75 bits per heavy atom. The van der Waals surface area contributed by atoms with Gasteiger partial charge < -0.3 is 10.1 Å². The van der Waals surface area contributed by atoms with Crippen LogP contribution in [0.25, 0.3) is 0 Å². The van der Waals surface area contributed by atoms with Crippen molar-refractivity contribution in [2.75, 3.05) is 13.7 Å². The van der Waals surface area contributed by atoms with Crippen LogP contribution in [0.2, 0.25) is 0 Å².